The maximum atomic E-state index is 13.0. The van der Waals surface area contributed by atoms with Gasteiger partial charge < -0.3 is 5.11 Å². The third-order valence-corrected chi connectivity index (χ3v) is 6.01. The zero-order valence-corrected chi connectivity index (χ0v) is 14.1. The zero-order valence-electron chi connectivity index (χ0n) is 13.2. The van der Waals surface area contributed by atoms with Crippen molar-refractivity contribution in [3.05, 3.63) is 66.0 Å². The van der Waals surface area contributed by atoms with Gasteiger partial charge in [-0.15, -0.1) is 0 Å². The Hall–Kier alpha value is -2.45. The molecule has 1 amide bonds. The predicted octanol–water partition coefficient (Wildman–Crippen LogP) is 2.38. The molecule has 0 radical (unpaired) electrons. The Morgan fingerprint density at radius 2 is 1.72 bits per heavy atom. The second-order valence-corrected chi connectivity index (χ2v) is 7.76. The molecule has 1 aliphatic rings. The lowest BCUT2D eigenvalue weighted by molar-refractivity contribution is 0.0716. The molecule has 0 aromatic heterocycles. The number of amides is 1. The summed E-state index contributed by atoms with van der Waals surface area (Å²) in [6.45, 7) is 0.364. The molecule has 0 saturated carbocycles. The predicted molar refractivity (Wildman–Crippen MR) is 89.0 cm³/mol. The van der Waals surface area contributed by atoms with Gasteiger partial charge in [0.05, 0.1) is 10.9 Å². The summed E-state index contributed by atoms with van der Waals surface area (Å²) in [4.78, 5) is 12.8. The molecule has 0 unspecified atom stereocenters. The van der Waals surface area contributed by atoms with Gasteiger partial charge in [-0.25, -0.2) is 17.6 Å². The Morgan fingerprint density at radius 3 is 2.28 bits per heavy atom. The molecule has 1 saturated heterocycles. The maximum absolute atomic E-state index is 13.0. The molecule has 0 spiro atoms. The topological polar surface area (TPSA) is 77.9 Å². The highest BCUT2D eigenvalue weighted by Crippen LogP contribution is 2.25. The number of hydrogen-bond acceptors (Lipinski definition) is 3. The van der Waals surface area contributed by atoms with Gasteiger partial charge in [-0.1, -0.05) is 30.3 Å². The fourth-order valence-corrected chi connectivity index (χ4v) is 4.21. The van der Waals surface area contributed by atoms with E-state index in [-0.39, 0.29) is 24.5 Å². The molecule has 1 fully saturated rings. The fraction of sp³-hybridized carbons (Fsp3) is 0.235. The van der Waals surface area contributed by atoms with Crippen molar-refractivity contribution < 1.29 is 22.7 Å². The second-order valence-electron chi connectivity index (χ2n) is 5.83. The van der Waals surface area contributed by atoms with Crippen molar-refractivity contribution >= 4 is 16.1 Å². The van der Waals surface area contributed by atoms with Crippen LogP contribution in [0.3, 0.4) is 0 Å². The molecule has 2 aromatic carbocycles. The van der Waals surface area contributed by atoms with Crippen LogP contribution in [0.25, 0.3) is 0 Å². The molecule has 6 nitrogen and oxygen atoms in total. The fourth-order valence-electron chi connectivity index (χ4n) is 2.70. The van der Waals surface area contributed by atoms with E-state index in [1.165, 1.54) is 21.3 Å². The van der Waals surface area contributed by atoms with Gasteiger partial charge in [0.25, 0.3) is 0 Å². The third-order valence-electron chi connectivity index (χ3n) is 4.16. The van der Waals surface area contributed by atoms with E-state index in [4.69, 9.17) is 0 Å². The molecule has 0 atom stereocenters. The highest BCUT2D eigenvalue weighted by Gasteiger charge is 2.41. The Morgan fingerprint density at radius 1 is 1.12 bits per heavy atom. The summed E-state index contributed by atoms with van der Waals surface area (Å²) in [7, 11) is -3.74. The maximum Gasteiger partial charge on any atom is 0.407 e. The first-order valence-corrected chi connectivity index (χ1v) is 9.11. The Balaban J connectivity index is 1.69. The lowest BCUT2D eigenvalue weighted by Gasteiger charge is -2.43. The van der Waals surface area contributed by atoms with Gasteiger partial charge in [0, 0.05) is 19.6 Å². The van der Waals surface area contributed by atoms with Gasteiger partial charge in [-0.2, -0.15) is 4.31 Å². The Labute approximate surface area is 145 Å². The van der Waals surface area contributed by atoms with Crippen LogP contribution in [0.1, 0.15) is 5.56 Å². The molecule has 132 valence electrons. The summed E-state index contributed by atoms with van der Waals surface area (Å²) in [5, 5.41) is 9.42. The van der Waals surface area contributed by atoms with Crippen molar-refractivity contribution in [2.45, 2.75) is 17.5 Å². The van der Waals surface area contributed by atoms with Gasteiger partial charge in [0.15, 0.2) is 0 Å². The van der Waals surface area contributed by atoms with Gasteiger partial charge >= 0.3 is 6.09 Å². The Kier molecular flexibility index (Phi) is 4.73. The highest BCUT2D eigenvalue weighted by atomic mass is 32.2. The van der Waals surface area contributed by atoms with Crippen molar-refractivity contribution in [2.24, 2.45) is 0 Å². The van der Waals surface area contributed by atoms with E-state index >= 15 is 0 Å². The lowest BCUT2D eigenvalue weighted by Crippen LogP contribution is -2.61. The minimum Gasteiger partial charge on any atom is -0.465 e. The van der Waals surface area contributed by atoms with Crippen molar-refractivity contribution in [3.8, 4) is 0 Å². The van der Waals surface area contributed by atoms with Crippen LogP contribution in [0.5, 0.6) is 0 Å². The largest absolute Gasteiger partial charge is 0.465 e. The summed E-state index contributed by atoms with van der Waals surface area (Å²) in [6, 6.07) is 13.3. The van der Waals surface area contributed by atoms with E-state index in [9.17, 15) is 22.7 Å². The lowest BCUT2D eigenvalue weighted by atomic mass is 10.1. The number of hydrogen-bond donors (Lipinski definition) is 1. The molecule has 1 aliphatic heterocycles. The van der Waals surface area contributed by atoms with Crippen LogP contribution in [0.2, 0.25) is 0 Å². The zero-order chi connectivity index (χ0) is 18.0. The van der Waals surface area contributed by atoms with Gasteiger partial charge in [0.2, 0.25) is 10.0 Å². The number of rotatable bonds is 5. The van der Waals surface area contributed by atoms with Crippen LogP contribution in [0.4, 0.5) is 9.18 Å². The minimum atomic E-state index is -3.74. The monoisotopic (exact) mass is 364 g/mol. The standard InChI is InChI=1S/C17H17FN2O4S/c18-14-6-8-16(9-7-14)25(23,24)19-11-15(12-19)20(17(21)22)10-13-4-2-1-3-5-13/h1-9,15H,10-12H2,(H,21,22). The van der Waals surface area contributed by atoms with E-state index in [1.54, 1.807) is 0 Å². The van der Waals surface area contributed by atoms with E-state index in [0.29, 0.717) is 0 Å². The Bertz CT molecular complexity index is 850. The van der Waals surface area contributed by atoms with Crippen LogP contribution in [-0.2, 0) is 16.6 Å². The van der Waals surface area contributed by atoms with Crippen LogP contribution < -0.4 is 0 Å². The quantitative estimate of drug-likeness (QED) is 0.884. The van der Waals surface area contributed by atoms with Crippen molar-refractivity contribution in [2.75, 3.05) is 13.1 Å². The third kappa shape index (κ3) is 3.64. The molecule has 2 aromatic rings. The number of nitrogens with zero attached hydrogens (tertiary/aromatic N) is 2. The number of benzene rings is 2. The molecule has 8 heteroatoms. The van der Waals surface area contributed by atoms with Crippen molar-refractivity contribution in [1.29, 1.82) is 0 Å². The highest BCUT2D eigenvalue weighted by molar-refractivity contribution is 7.89. The molecule has 1 N–H and O–H groups in total. The van der Waals surface area contributed by atoms with Crippen LogP contribution in [-0.4, -0.2) is 48.0 Å². The van der Waals surface area contributed by atoms with Gasteiger partial charge in [-0.05, 0) is 29.8 Å². The molecular formula is C17H17FN2O4S. The summed E-state index contributed by atoms with van der Waals surface area (Å²) >= 11 is 0. The summed E-state index contributed by atoms with van der Waals surface area (Å²) in [5.74, 6) is -0.514. The summed E-state index contributed by atoms with van der Waals surface area (Å²) in [5.41, 5.74) is 0.838. The molecule has 25 heavy (non-hydrogen) atoms. The first-order valence-electron chi connectivity index (χ1n) is 7.67. The molecule has 1 heterocycles. The average molecular weight is 364 g/mol. The SMILES string of the molecule is O=C(O)N(Cc1ccccc1)C1CN(S(=O)(=O)c2ccc(F)cc2)C1. The van der Waals surface area contributed by atoms with Crippen LogP contribution in [0.15, 0.2) is 59.5 Å². The smallest absolute Gasteiger partial charge is 0.407 e. The summed E-state index contributed by atoms with van der Waals surface area (Å²) < 4.78 is 39.1. The van der Waals surface area contributed by atoms with Gasteiger partial charge in [-0.3, -0.25) is 4.90 Å². The summed E-state index contributed by atoms with van der Waals surface area (Å²) in [6.07, 6.45) is -1.09. The van der Waals surface area contributed by atoms with E-state index in [2.05, 4.69) is 0 Å². The van der Waals surface area contributed by atoms with Crippen molar-refractivity contribution in [3.63, 3.8) is 0 Å². The van der Waals surface area contributed by atoms with E-state index in [0.717, 1.165) is 17.7 Å². The number of sulfonamides is 1. The number of carbonyl (C=O) groups is 1. The molecular weight excluding hydrogens is 347 g/mol. The number of halogens is 1. The van der Waals surface area contributed by atoms with Crippen molar-refractivity contribution in [1.82, 2.24) is 9.21 Å². The van der Waals surface area contributed by atoms with E-state index in [1.807, 2.05) is 30.3 Å². The first-order chi connectivity index (χ1) is 11.9. The molecule has 3 rings (SSSR count). The van der Waals surface area contributed by atoms with Crippen LogP contribution in [0, 0.1) is 5.82 Å². The molecule has 0 aliphatic carbocycles. The second kappa shape index (κ2) is 6.81. The average Bonchev–Trinajstić information content (AvgIpc) is 2.53. The van der Waals surface area contributed by atoms with Gasteiger partial charge in [0.1, 0.15) is 5.82 Å². The normalized spacial score (nSPS) is 15.6. The van der Waals surface area contributed by atoms with Crippen LogP contribution >= 0.6 is 0 Å². The van der Waals surface area contributed by atoms with E-state index < -0.39 is 28.0 Å². The first kappa shape index (κ1) is 17.4. The number of carboxylic acid groups (broad SMARTS) is 1. The minimum absolute atomic E-state index is 0.00251. The molecule has 0 bridgehead atoms.